The topological polar surface area (TPSA) is 22.0 Å². The highest BCUT2D eigenvalue weighted by Crippen LogP contribution is 2.21. The van der Waals surface area contributed by atoms with Crippen LogP contribution in [0.1, 0.15) is 18.1 Å². The van der Waals surface area contributed by atoms with Crippen molar-refractivity contribution in [3.05, 3.63) is 35.5 Å². The normalized spacial score (nSPS) is 10.9. The fraction of sp³-hybridized carbons (Fsp3) is 0.308. The standard InChI is InChI=1S/C13H15NO/c1-9-4-5-13-12(6-9)10(2)7-14(13)8-11(3)15/h4-7H,8H2,1-3H3. The molecule has 0 unspecified atom stereocenters. The summed E-state index contributed by atoms with van der Waals surface area (Å²) in [7, 11) is 0. The Morgan fingerprint density at radius 1 is 1.33 bits per heavy atom. The summed E-state index contributed by atoms with van der Waals surface area (Å²) in [6.45, 7) is 6.25. The van der Waals surface area contributed by atoms with E-state index in [2.05, 4.69) is 32.0 Å². The average Bonchev–Trinajstić information content (AvgIpc) is 2.42. The first-order valence-corrected chi connectivity index (χ1v) is 5.13. The predicted octanol–water partition coefficient (Wildman–Crippen LogP) is 2.85. The predicted molar refractivity (Wildman–Crippen MR) is 62.1 cm³/mol. The molecule has 2 nitrogen and oxygen atoms in total. The Balaban J connectivity index is 2.62. The van der Waals surface area contributed by atoms with Crippen LogP contribution in [0.2, 0.25) is 0 Å². The summed E-state index contributed by atoms with van der Waals surface area (Å²) in [6.07, 6.45) is 2.05. The van der Waals surface area contributed by atoms with Crippen molar-refractivity contribution in [2.75, 3.05) is 0 Å². The lowest BCUT2D eigenvalue weighted by molar-refractivity contribution is -0.117. The molecule has 1 aromatic carbocycles. The van der Waals surface area contributed by atoms with E-state index in [4.69, 9.17) is 0 Å². The molecule has 1 heterocycles. The van der Waals surface area contributed by atoms with Gasteiger partial charge < -0.3 is 4.57 Å². The van der Waals surface area contributed by atoms with Crippen LogP contribution in [0.25, 0.3) is 10.9 Å². The summed E-state index contributed by atoms with van der Waals surface area (Å²) in [5.41, 5.74) is 3.63. The molecule has 2 aromatic rings. The van der Waals surface area contributed by atoms with Crippen LogP contribution in [0.15, 0.2) is 24.4 Å². The smallest absolute Gasteiger partial charge is 0.149 e. The highest BCUT2D eigenvalue weighted by atomic mass is 16.1. The number of benzene rings is 1. The number of fused-ring (bicyclic) bond motifs is 1. The van der Waals surface area contributed by atoms with Gasteiger partial charge in [-0.15, -0.1) is 0 Å². The number of hydrogen-bond acceptors (Lipinski definition) is 1. The number of hydrogen-bond donors (Lipinski definition) is 0. The van der Waals surface area contributed by atoms with Crippen molar-refractivity contribution < 1.29 is 4.79 Å². The van der Waals surface area contributed by atoms with E-state index in [9.17, 15) is 4.79 Å². The second-order valence-corrected chi connectivity index (χ2v) is 4.16. The van der Waals surface area contributed by atoms with Crippen molar-refractivity contribution in [2.24, 2.45) is 0 Å². The molecule has 0 amide bonds. The van der Waals surface area contributed by atoms with Crippen LogP contribution < -0.4 is 0 Å². The number of carbonyl (C=O) groups excluding carboxylic acids is 1. The van der Waals surface area contributed by atoms with Crippen molar-refractivity contribution in [1.29, 1.82) is 0 Å². The third-order valence-corrected chi connectivity index (χ3v) is 2.63. The van der Waals surface area contributed by atoms with Crippen molar-refractivity contribution in [3.8, 4) is 0 Å². The summed E-state index contributed by atoms with van der Waals surface area (Å²) in [5, 5.41) is 1.25. The number of ketones is 1. The maximum atomic E-state index is 11.1. The van der Waals surface area contributed by atoms with E-state index in [1.807, 2.05) is 10.8 Å². The lowest BCUT2D eigenvalue weighted by atomic mass is 10.1. The van der Waals surface area contributed by atoms with Crippen LogP contribution in [0, 0.1) is 13.8 Å². The van der Waals surface area contributed by atoms with Crippen molar-refractivity contribution in [3.63, 3.8) is 0 Å². The second kappa shape index (κ2) is 3.54. The lowest BCUT2D eigenvalue weighted by Gasteiger charge is -2.01. The first kappa shape index (κ1) is 9.97. The fourth-order valence-electron chi connectivity index (χ4n) is 1.96. The number of Topliss-reactive ketones (excluding diaryl/α,β-unsaturated/α-hetero) is 1. The highest BCUT2D eigenvalue weighted by molar-refractivity contribution is 5.86. The van der Waals surface area contributed by atoms with Gasteiger partial charge in [0.1, 0.15) is 5.78 Å². The zero-order valence-corrected chi connectivity index (χ0v) is 9.37. The van der Waals surface area contributed by atoms with Crippen LogP contribution in [0.3, 0.4) is 0 Å². The van der Waals surface area contributed by atoms with Crippen LogP contribution in [-0.4, -0.2) is 10.4 Å². The zero-order valence-electron chi connectivity index (χ0n) is 9.37. The van der Waals surface area contributed by atoms with Gasteiger partial charge in [-0.1, -0.05) is 11.6 Å². The summed E-state index contributed by atoms with van der Waals surface area (Å²) in [5.74, 6) is 0.187. The molecule has 0 saturated heterocycles. The molecule has 15 heavy (non-hydrogen) atoms. The van der Waals surface area contributed by atoms with Gasteiger partial charge in [-0.05, 0) is 38.5 Å². The SMILES string of the molecule is CC(=O)Cn1cc(C)c2cc(C)ccc21. The van der Waals surface area contributed by atoms with Crippen LogP contribution in [-0.2, 0) is 11.3 Å². The summed E-state index contributed by atoms with van der Waals surface area (Å²) in [6, 6.07) is 6.33. The lowest BCUT2D eigenvalue weighted by Crippen LogP contribution is -2.04. The minimum absolute atomic E-state index is 0.187. The summed E-state index contributed by atoms with van der Waals surface area (Å²) in [4.78, 5) is 11.1. The summed E-state index contributed by atoms with van der Waals surface area (Å²) < 4.78 is 2.02. The minimum Gasteiger partial charge on any atom is -0.340 e. The van der Waals surface area contributed by atoms with E-state index in [-0.39, 0.29) is 5.78 Å². The number of aromatic nitrogens is 1. The second-order valence-electron chi connectivity index (χ2n) is 4.16. The molecule has 0 aliphatic rings. The Hall–Kier alpha value is -1.57. The molecule has 2 heteroatoms. The third kappa shape index (κ3) is 1.80. The van der Waals surface area contributed by atoms with E-state index in [1.54, 1.807) is 6.92 Å². The van der Waals surface area contributed by atoms with Gasteiger partial charge in [0.2, 0.25) is 0 Å². The van der Waals surface area contributed by atoms with E-state index < -0.39 is 0 Å². The number of aryl methyl sites for hydroxylation is 2. The molecule has 2 rings (SSSR count). The molecule has 1 aromatic heterocycles. The van der Waals surface area contributed by atoms with E-state index >= 15 is 0 Å². The highest BCUT2D eigenvalue weighted by Gasteiger charge is 2.06. The zero-order chi connectivity index (χ0) is 11.0. The van der Waals surface area contributed by atoms with E-state index in [0.29, 0.717) is 6.54 Å². The quantitative estimate of drug-likeness (QED) is 0.732. The number of rotatable bonds is 2. The Kier molecular flexibility index (Phi) is 2.35. The van der Waals surface area contributed by atoms with E-state index in [1.165, 1.54) is 16.5 Å². The van der Waals surface area contributed by atoms with E-state index in [0.717, 1.165) is 5.52 Å². The van der Waals surface area contributed by atoms with Crippen LogP contribution in [0.4, 0.5) is 0 Å². The first-order chi connectivity index (χ1) is 7.08. The number of nitrogens with zero attached hydrogens (tertiary/aromatic N) is 1. The van der Waals surface area contributed by atoms with Gasteiger partial charge in [-0.3, -0.25) is 4.79 Å². The average molecular weight is 201 g/mol. The third-order valence-electron chi connectivity index (χ3n) is 2.63. The van der Waals surface area contributed by atoms with Gasteiger partial charge in [0, 0.05) is 17.1 Å². The van der Waals surface area contributed by atoms with Gasteiger partial charge in [0.05, 0.1) is 6.54 Å². The maximum Gasteiger partial charge on any atom is 0.149 e. The molecule has 0 bridgehead atoms. The molecule has 0 spiro atoms. The fourth-order valence-corrected chi connectivity index (χ4v) is 1.96. The van der Waals surface area contributed by atoms with Crippen molar-refractivity contribution >= 4 is 16.7 Å². The Morgan fingerprint density at radius 3 is 2.73 bits per heavy atom. The molecule has 0 radical (unpaired) electrons. The van der Waals surface area contributed by atoms with Gasteiger partial charge in [-0.2, -0.15) is 0 Å². The van der Waals surface area contributed by atoms with Gasteiger partial charge in [0.25, 0.3) is 0 Å². The Labute approximate surface area is 89.5 Å². The molecule has 0 saturated carbocycles. The molecule has 78 valence electrons. The van der Waals surface area contributed by atoms with Crippen LogP contribution >= 0.6 is 0 Å². The van der Waals surface area contributed by atoms with Crippen molar-refractivity contribution in [1.82, 2.24) is 4.57 Å². The van der Waals surface area contributed by atoms with Gasteiger partial charge >= 0.3 is 0 Å². The number of carbonyl (C=O) groups is 1. The molecular formula is C13H15NO. The van der Waals surface area contributed by atoms with Gasteiger partial charge in [-0.25, -0.2) is 0 Å². The molecule has 0 aliphatic carbocycles. The largest absolute Gasteiger partial charge is 0.340 e. The Morgan fingerprint density at radius 2 is 2.07 bits per heavy atom. The molecular weight excluding hydrogens is 186 g/mol. The monoisotopic (exact) mass is 201 g/mol. The maximum absolute atomic E-state index is 11.1. The van der Waals surface area contributed by atoms with Crippen molar-refractivity contribution in [2.45, 2.75) is 27.3 Å². The Bertz CT molecular complexity index is 523. The minimum atomic E-state index is 0.187. The summed E-state index contributed by atoms with van der Waals surface area (Å²) >= 11 is 0. The van der Waals surface area contributed by atoms with Crippen LogP contribution in [0.5, 0.6) is 0 Å². The first-order valence-electron chi connectivity index (χ1n) is 5.13. The molecule has 0 N–H and O–H groups in total. The molecule has 0 aliphatic heterocycles. The molecule has 0 fully saturated rings. The van der Waals surface area contributed by atoms with Gasteiger partial charge in [0.15, 0.2) is 0 Å². The molecule has 0 atom stereocenters.